The molecule has 3 N–H and O–H groups in total. The number of rotatable bonds is 3. The Kier molecular flexibility index (Phi) is 2.56. The Morgan fingerprint density at radius 1 is 1.73 bits per heavy atom. The molecule has 0 bridgehead atoms. The first-order valence-corrected chi connectivity index (χ1v) is 3.09. The van der Waals surface area contributed by atoms with E-state index in [1.807, 2.05) is 0 Å². The summed E-state index contributed by atoms with van der Waals surface area (Å²) in [6.45, 7) is 0.354. The van der Waals surface area contributed by atoms with Crippen LogP contribution in [0.15, 0.2) is 11.0 Å². The topological polar surface area (TPSA) is 90.9 Å². The lowest BCUT2D eigenvalue weighted by Gasteiger charge is -1.98. The number of anilines is 1. The van der Waals surface area contributed by atoms with Gasteiger partial charge in [0.15, 0.2) is 5.82 Å². The number of hydrogen-bond donors (Lipinski definition) is 3. The average Bonchev–Trinajstić information content (AvgIpc) is 2.01. The molecular weight excluding hydrogens is 148 g/mol. The zero-order valence-electron chi connectivity index (χ0n) is 5.74. The van der Waals surface area contributed by atoms with Crippen LogP contribution < -0.4 is 11.0 Å². The fraction of sp³-hybridized carbons (Fsp3) is 0.400. The van der Waals surface area contributed by atoms with Crippen LogP contribution in [0.1, 0.15) is 0 Å². The molecule has 0 spiro atoms. The van der Waals surface area contributed by atoms with Gasteiger partial charge in [-0.2, -0.15) is 10.1 Å². The molecule has 1 aromatic heterocycles. The third kappa shape index (κ3) is 2.34. The molecule has 0 aliphatic heterocycles. The van der Waals surface area contributed by atoms with Crippen LogP contribution >= 0.6 is 0 Å². The summed E-state index contributed by atoms with van der Waals surface area (Å²) in [6, 6.07) is 0. The van der Waals surface area contributed by atoms with Crippen LogP contribution in [0.25, 0.3) is 0 Å². The molecule has 0 atom stereocenters. The van der Waals surface area contributed by atoms with E-state index >= 15 is 0 Å². The maximum Gasteiger partial charge on any atom is 0.363 e. The number of aliphatic hydroxyl groups excluding tert-OH is 1. The van der Waals surface area contributed by atoms with Gasteiger partial charge in [-0.1, -0.05) is 0 Å². The molecule has 0 aliphatic carbocycles. The maximum absolute atomic E-state index is 10.5. The molecule has 0 amide bonds. The second kappa shape index (κ2) is 3.67. The van der Waals surface area contributed by atoms with E-state index in [9.17, 15) is 4.79 Å². The molecule has 0 aliphatic rings. The van der Waals surface area contributed by atoms with E-state index in [4.69, 9.17) is 5.11 Å². The maximum atomic E-state index is 10.5. The number of aromatic nitrogens is 3. The highest BCUT2D eigenvalue weighted by atomic mass is 16.3. The fourth-order valence-corrected chi connectivity index (χ4v) is 0.581. The molecule has 0 unspecified atom stereocenters. The van der Waals surface area contributed by atoms with Crippen LogP contribution in [0.5, 0.6) is 0 Å². The lowest BCUT2D eigenvalue weighted by molar-refractivity contribution is 0.311. The molecule has 60 valence electrons. The summed E-state index contributed by atoms with van der Waals surface area (Å²) in [5.41, 5.74) is -0.507. The van der Waals surface area contributed by atoms with Gasteiger partial charge in [-0.25, -0.2) is 9.89 Å². The number of nitrogens with zero attached hydrogens (tertiary/aromatic N) is 2. The number of aliphatic hydroxyl groups is 1. The summed E-state index contributed by atoms with van der Waals surface area (Å²) in [7, 11) is 0. The van der Waals surface area contributed by atoms with E-state index in [2.05, 4.69) is 20.5 Å². The second-order valence-corrected chi connectivity index (χ2v) is 1.82. The standard InChI is InChI=1S/C5H8N4O2/c10-2-1-6-4-3-7-9-5(11)8-4/h3,10H,1-2H2,(H2,6,8,9,11). The smallest absolute Gasteiger partial charge is 0.363 e. The van der Waals surface area contributed by atoms with Crippen molar-refractivity contribution in [3.05, 3.63) is 16.7 Å². The Bertz CT molecular complexity index is 271. The minimum absolute atomic E-state index is 0.00548. The van der Waals surface area contributed by atoms with Crippen molar-refractivity contribution in [3.8, 4) is 0 Å². The van der Waals surface area contributed by atoms with E-state index in [1.165, 1.54) is 6.20 Å². The van der Waals surface area contributed by atoms with E-state index in [-0.39, 0.29) is 6.61 Å². The lowest BCUT2D eigenvalue weighted by atomic mass is 10.6. The van der Waals surface area contributed by atoms with Crippen molar-refractivity contribution in [2.45, 2.75) is 0 Å². The molecular formula is C5H8N4O2. The summed E-state index contributed by atoms with van der Waals surface area (Å²) in [4.78, 5) is 14.0. The van der Waals surface area contributed by atoms with Gasteiger partial charge >= 0.3 is 5.69 Å². The molecule has 1 rings (SSSR count). The van der Waals surface area contributed by atoms with Crippen LogP contribution in [0, 0.1) is 0 Å². The van der Waals surface area contributed by atoms with E-state index in [0.29, 0.717) is 12.4 Å². The van der Waals surface area contributed by atoms with Gasteiger partial charge in [-0.05, 0) is 0 Å². The van der Waals surface area contributed by atoms with Gasteiger partial charge in [0.05, 0.1) is 12.8 Å². The quantitative estimate of drug-likeness (QED) is 0.499. The summed E-state index contributed by atoms with van der Waals surface area (Å²) in [5, 5.41) is 16.7. The minimum Gasteiger partial charge on any atom is -0.395 e. The predicted molar refractivity (Wildman–Crippen MR) is 38.2 cm³/mol. The van der Waals surface area contributed by atoms with Gasteiger partial charge in [-0.15, -0.1) is 0 Å². The number of nitrogens with one attached hydrogen (secondary N) is 2. The van der Waals surface area contributed by atoms with E-state index in [1.54, 1.807) is 0 Å². The Hall–Kier alpha value is -1.43. The number of H-pyrrole nitrogens is 1. The molecule has 0 aromatic carbocycles. The zero-order valence-corrected chi connectivity index (χ0v) is 5.74. The van der Waals surface area contributed by atoms with E-state index < -0.39 is 5.69 Å². The monoisotopic (exact) mass is 156 g/mol. The summed E-state index contributed by atoms with van der Waals surface area (Å²) >= 11 is 0. The van der Waals surface area contributed by atoms with Gasteiger partial charge in [0, 0.05) is 6.54 Å². The number of hydrogen-bond acceptors (Lipinski definition) is 5. The Morgan fingerprint density at radius 3 is 3.18 bits per heavy atom. The van der Waals surface area contributed by atoms with Crippen molar-refractivity contribution in [2.24, 2.45) is 0 Å². The second-order valence-electron chi connectivity index (χ2n) is 1.82. The SMILES string of the molecule is O=c1nc(NCCO)cn[nH]1. The molecule has 1 heterocycles. The van der Waals surface area contributed by atoms with Crippen LogP contribution in [0.2, 0.25) is 0 Å². The molecule has 1 aromatic rings. The van der Waals surface area contributed by atoms with Crippen LogP contribution in [0.3, 0.4) is 0 Å². The molecule has 6 heteroatoms. The zero-order chi connectivity index (χ0) is 8.10. The Balaban J connectivity index is 2.64. The van der Waals surface area contributed by atoms with Gasteiger partial charge in [0.25, 0.3) is 0 Å². The lowest BCUT2D eigenvalue weighted by Crippen LogP contribution is -2.16. The highest BCUT2D eigenvalue weighted by Crippen LogP contribution is 1.90. The Morgan fingerprint density at radius 2 is 2.55 bits per heavy atom. The summed E-state index contributed by atoms with van der Waals surface area (Å²) in [6.07, 6.45) is 1.37. The third-order valence-electron chi connectivity index (χ3n) is 0.987. The molecule has 0 radical (unpaired) electrons. The highest BCUT2D eigenvalue weighted by Gasteiger charge is 1.91. The molecule has 11 heavy (non-hydrogen) atoms. The van der Waals surface area contributed by atoms with Gasteiger partial charge in [0.1, 0.15) is 0 Å². The summed E-state index contributed by atoms with van der Waals surface area (Å²) in [5.74, 6) is 0.364. The highest BCUT2D eigenvalue weighted by molar-refractivity contribution is 5.28. The van der Waals surface area contributed by atoms with E-state index in [0.717, 1.165) is 0 Å². The van der Waals surface area contributed by atoms with Crippen molar-refractivity contribution in [2.75, 3.05) is 18.5 Å². The number of aromatic amines is 1. The van der Waals surface area contributed by atoms with Crippen LogP contribution in [-0.2, 0) is 0 Å². The predicted octanol–water partition coefficient (Wildman–Crippen LogP) is -1.43. The van der Waals surface area contributed by atoms with Crippen LogP contribution in [-0.4, -0.2) is 33.4 Å². The molecule has 6 nitrogen and oxygen atoms in total. The first-order valence-electron chi connectivity index (χ1n) is 3.09. The molecule has 0 fully saturated rings. The third-order valence-corrected chi connectivity index (χ3v) is 0.987. The van der Waals surface area contributed by atoms with Crippen molar-refractivity contribution in [1.29, 1.82) is 0 Å². The molecule has 0 saturated heterocycles. The van der Waals surface area contributed by atoms with Gasteiger partial charge in [0.2, 0.25) is 0 Å². The van der Waals surface area contributed by atoms with Crippen molar-refractivity contribution in [1.82, 2.24) is 15.2 Å². The molecule has 0 saturated carbocycles. The largest absolute Gasteiger partial charge is 0.395 e. The fourth-order valence-electron chi connectivity index (χ4n) is 0.581. The first kappa shape index (κ1) is 7.67. The summed E-state index contributed by atoms with van der Waals surface area (Å²) < 4.78 is 0. The Labute approximate surface area is 62.3 Å². The minimum atomic E-state index is -0.507. The van der Waals surface area contributed by atoms with Crippen molar-refractivity contribution >= 4 is 5.82 Å². The van der Waals surface area contributed by atoms with Gasteiger partial charge < -0.3 is 10.4 Å². The van der Waals surface area contributed by atoms with Crippen molar-refractivity contribution in [3.63, 3.8) is 0 Å². The normalized spacial score (nSPS) is 9.55. The average molecular weight is 156 g/mol. The van der Waals surface area contributed by atoms with Gasteiger partial charge in [-0.3, -0.25) is 0 Å². The first-order chi connectivity index (χ1) is 5.33. The van der Waals surface area contributed by atoms with Crippen molar-refractivity contribution < 1.29 is 5.11 Å². The van der Waals surface area contributed by atoms with Crippen LogP contribution in [0.4, 0.5) is 5.82 Å².